The van der Waals surface area contributed by atoms with Crippen molar-refractivity contribution in [3.63, 3.8) is 0 Å². The molecule has 0 fully saturated rings. The van der Waals surface area contributed by atoms with Gasteiger partial charge >= 0.3 is 0 Å². The lowest BCUT2D eigenvalue weighted by Gasteiger charge is -2.20. The fraction of sp³-hybridized carbons (Fsp3) is 0.250. The molecule has 0 aliphatic heterocycles. The molecule has 7 heteroatoms. The number of hydrogen-bond donors (Lipinski definition) is 3. The molecule has 2 aromatic heterocycles. The van der Waals surface area contributed by atoms with Gasteiger partial charge in [-0.05, 0) is 36.2 Å². The molecule has 0 radical (unpaired) electrons. The third-order valence-electron chi connectivity index (χ3n) is 4.07. The van der Waals surface area contributed by atoms with Crippen LogP contribution in [0.5, 0.6) is 0 Å². The van der Waals surface area contributed by atoms with Gasteiger partial charge in [-0.3, -0.25) is 4.98 Å². The predicted molar refractivity (Wildman–Crippen MR) is 112 cm³/mol. The van der Waals surface area contributed by atoms with E-state index in [4.69, 9.17) is 0 Å². The van der Waals surface area contributed by atoms with Crippen LogP contribution in [0.1, 0.15) is 13.8 Å². The van der Waals surface area contributed by atoms with Crippen LogP contribution < -0.4 is 10.6 Å². The average Bonchev–Trinajstić information content (AvgIpc) is 2.66. The van der Waals surface area contributed by atoms with E-state index in [0.717, 1.165) is 15.9 Å². The zero-order chi connectivity index (χ0) is 19.2. The van der Waals surface area contributed by atoms with E-state index < -0.39 is 0 Å². The summed E-state index contributed by atoms with van der Waals surface area (Å²) in [6.07, 6.45) is 1.73. The summed E-state index contributed by atoms with van der Waals surface area (Å²) < 4.78 is 0.977. The van der Waals surface area contributed by atoms with E-state index in [0.29, 0.717) is 17.5 Å². The maximum absolute atomic E-state index is 9.63. The Morgan fingerprint density at radius 2 is 1.89 bits per heavy atom. The third-order valence-corrected chi connectivity index (χ3v) is 4.56. The lowest BCUT2D eigenvalue weighted by Crippen LogP contribution is -2.30. The van der Waals surface area contributed by atoms with Crippen LogP contribution >= 0.6 is 15.9 Å². The first-order valence-electron chi connectivity index (χ1n) is 8.75. The summed E-state index contributed by atoms with van der Waals surface area (Å²) in [6, 6.07) is 15.3. The molecule has 6 nitrogen and oxygen atoms in total. The van der Waals surface area contributed by atoms with Crippen molar-refractivity contribution >= 4 is 33.4 Å². The molecule has 1 aromatic carbocycles. The SMILES string of the molecule is CC(C)[C@H](CO)Nc1nc(Nc2cccc(Br)c2)cc(-c2ccccn2)n1. The first-order chi connectivity index (χ1) is 13.0. The molecule has 0 aliphatic rings. The Hall–Kier alpha value is -2.51. The highest BCUT2D eigenvalue weighted by Gasteiger charge is 2.15. The van der Waals surface area contributed by atoms with Gasteiger partial charge in [0, 0.05) is 22.4 Å². The van der Waals surface area contributed by atoms with Gasteiger partial charge in [0.15, 0.2) is 0 Å². The Labute approximate surface area is 167 Å². The second-order valence-corrected chi connectivity index (χ2v) is 7.41. The molecule has 0 spiro atoms. The van der Waals surface area contributed by atoms with Gasteiger partial charge in [0.25, 0.3) is 0 Å². The summed E-state index contributed by atoms with van der Waals surface area (Å²) >= 11 is 3.48. The summed E-state index contributed by atoms with van der Waals surface area (Å²) in [6.45, 7) is 4.08. The lowest BCUT2D eigenvalue weighted by atomic mass is 10.1. The summed E-state index contributed by atoms with van der Waals surface area (Å²) in [5.41, 5.74) is 2.36. The van der Waals surface area contributed by atoms with Gasteiger partial charge in [-0.2, -0.15) is 4.98 Å². The van der Waals surface area contributed by atoms with E-state index in [1.165, 1.54) is 0 Å². The largest absolute Gasteiger partial charge is 0.394 e. The highest BCUT2D eigenvalue weighted by Crippen LogP contribution is 2.24. The Bertz CT molecular complexity index is 889. The monoisotopic (exact) mass is 427 g/mol. The first-order valence-corrected chi connectivity index (χ1v) is 9.55. The molecule has 0 aliphatic carbocycles. The minimum absolute atomic E-state index is 0.00321. The van der Waals surface area contributed by atoms with Crippen molar-refractivity contribution < 1.29 is 5.11 Å². The van der Waals surface area contributed by atoms with E-state index in [9.17, 15) is 5.11 Å². The normalized spacial score (nSPS) is 12.0. The molecule has 140 valence electrons. The molecule has 27 heavy (non-hydrogen) atoms. The van der Waals surface area contributed by atoms with Gasteiger partial charge in [-0.25, -0.2) is 4.98 Å². The number of anilines is 3. The molecular formula is C20H22BrN5O. The lowest BCUT2D eigenvalue weighted by molar-refractivity contribution is 0.248. The van der Waals surface area contributed by atoms with Gasteiger partial charge in [0.1, 0.15) is 5.82 Å². The van der Waals surface area contributed by atoms with Crippen molar-refractivity contribution in [3.8, 4) is 11.4 Å². The highest BCUT2D eigenvalue weighted by molar-refractivity contribution is 9.10. The summed E-state index contributed by atoms with van der Waals surface area (Å²) in [4.78, 5) is 13.5. The molecule has 0 amide bonds. The molecule has 0 bridgehead atoms. The highest BCUT2D eigenvalue weighted by atomic mass is 79.9. The van der Waals surface area contributed by atoms with Crippen molar-refractivity contribution in [2.24, 2.45) is 5.92 Å². The third kappa shape index (κ3) is 5.24. The standard InChI is InChI=1S/C20H22BrN5O/c1-13(2)18(12-27)25-20-24-17(16-8-3-4-9-22-16)11-19(26-20)23-15-7-5-6-14(21)10-15/h3-11,13,18,27H,12H2,1-2H3,(H2,23,24,25,26)/t18-/m0/s1. The maximum atomic E-state index is 9.63. The summed E-state index contributed by atoms with van der Waals surface area (Å²) in [7, 11) is 0. The van der Waals surface area contributed by atoms with Crippen molar-refractivity contribution in [1.82, 2.24) is 15.0 Å². The zero-order valence-corrected chi connectivity index (χ0v) is 16.8. The molecule has 0 saturated carbocycles. The number of aromatic nitrogens is 3. The van der Waals surface area contributed by atoms with Gasteiger partial charge in [-0.15, -0.1) is 0 Å². The molecule has 3 N–H and O–H groups in total. The Morgan fingerprint density at radius 3 is 2.56 bits per heavy atom. The Kier molecular flexibility index (Phi) is 6.36. The number of pyridine rings is 1. The van der Waals surface area contributed by atoms with E-state index in [2.05, 4.69) is 41.5 Å². The van der Waals surface area contributed by atoms with E-state index in [-0.39, 0.29) is 18.6 Å². The van der Waals surface area contributed by atoms with E-state index >= 15 is 0 Å². The average molecular weight is 428 g/mol. The molecule has 0 saturated heterocycles. The molecule has 2 heterocycles. The number of aliphatic hydroxyl groups excluding tert-OH is 1. The van der Waals surface area contributed by atoms with Gasteiger partial charge in [0.05, 0.1) is 24.0 Å². The molecular weight excluding hydrogens is 406 g/mol. The van der Waals surface area contributed by atoms with Crippen molar-refractivity contribution in [2.75, 3.05) is 17.2 Å². The number of rotatable bonds is 7. The second kappa shape index (κ2) is 8.92. The number of halogens is 1. The molecule has 1 atom stereocenters. The van der Waals surface area contributed by atoms with Gasteiger partial charge < -0.3 is 15.7 Å². The van der Waals surface area contributed by atoms with Gasteiger partial charge in [-0.1, -0.05) is 41.9 Å². The number of hydrogen-bond acceptors (Lipinski definition) is 6. The maximum Gasteiger partial charge on any atom is 0.225 e. The molecule has 3 aromatic rings. The van der Waals surface area contributed by atoms with E-state index in [1.807, 2.05) is 62.4 Å². The Balaban J connectivity index is 1.97. The van der Waals surface area contributed by atoms with Crippen molar-refractivity contribution in [1.29, 1.82) is 0 Å². The summed E-state index contributed by atoms with van der Waals surface area (Å²) in [5.74, 6) is 1.33. The number of nitrogens with one attached hydrogen (secondary N) is 2. The van der Waals surface area contributed by atoms with Crippen LogP contribution in [0.3, 0.4) is 0 Å². The summed E-state index contributed by atoms with van der Waals surface area (Å²) in [5, 5.41) is 16.2. The minimum atomic E-state index is -0.136. The Morgan fingerprint density at radius 1 is 1.04 bits per heavy atom. The molecule has 3 rings (SSSR count). The number of aliphatic hydroxyl groups is 1. The second-order valence-electron chi connectivity index (χ2n) is 6.49. The number of nitrogens with zero attached hydrogens (tertiary/aromatic N) is 3. The topological polar surface area (TPSA) is 83.0 Å². The molecule has 0 unspecified atom stereocenters. The van der Waals surface area contributed by atoms with Crippen LogP contribution in [0.2, 0.25) is 0 Å². The van der Waals surface area contributed by atoms with Crippen LogP contribution in [0.15, 0.2) is 59.2 Å². The van der Waals surface area contributed by atoms with Gasteiger partial charge in [0.2, 0.25) is 5.95 Å². The number of benzene rings is 1. The van der Waals surface area contributed by atoms with Crippen LogP contribution in [0, 0.1) is 5.92 Å². The smallest absolute Gasteiger partial charge is 0.225 e. The van der Waals surface area contributed by atoms with Crippen molar-refractivity contribution in [2.45, 2.75) is 19.9 Å². The predicted octanol–water partition coefficient (Wildman–Crippen LogP) is 4.47. The first kappa shape index (κ1) is 19.3. The zero-order valence-electron chi connectivity index (χ0n) is 15.2. The quantitative estimate of drug-likeness (QED) is 0.515. The van der Waals surface area contributed by atoms with Crippen LogP contribution in [0.25, 0.3) is 11.4 Å². The van der Waals surface area contributed by atoms with Crippen LogP contribution in [-0.4, -0.2) is 32.7 Å². The fourth-order valence-corrected chi connectivity index (χ4v) is 2.92. The van der Waals surface area contributed by atoms with Crippen LogP contribution in [-0.2, 0) is 0 Å². The fourth-order valence-electron chi connectivity index (χ4n) is 2.52. The van der Waals surface area contributed by atoms with Crippen molar-refractivity contribution in [3.05, 3.63) is 59.2 Å². The minimum Gasteiger partial charge on any atom is -0.394 e. The van der Waals surface area contributed by atoms with E-state index in [1.54, 1.807) is 6.20 Å². The van der Waals surface area contributed by atoms with Crippen LogP contribution in [0.4, 0.5) is 17.5 Å².